The molecule has 156 valence electrons. The fraction of sp³-hybridized carbons (Fsp3) is 0.0417. The number of carbonyl (C=O) groups is 3. The minimum Gasteiger partial charge on any atom is -0.321 e. The molecule has 0 aliphatic carbocycles. The Morgan fingerprint density at radius 3 is 2.16 bits per heavy atom. The number of hydrogen-bond acceptors (Lipinski definition) is 3. The van der Waals surface area contributed by atoms with Crippen LogP contribution in [0.4, 0.5) is 10.1 Å². The van der Waals surface area contributed by atoms with Crippen LogP contribution in [-0.4, -0.2) is 17.6 Å². The van der Waals surface area contributed by atoms with Crippen LogP contribution in [-0.2, 0) is 4.79 Å². The Labute approximate surface area is 187 Å². The van der Waals surface area contributed by atoms with Crippen LogP contribution in [0.3, 0.4) is 0 Å². The lowest BCUT2D eigenvalue weighted by Gasteiger charge is -2.12. The number of nitrogens with one attached hydrogen (secondary N) is 2. The van der Waals surface area contributed by atoms with Gasteiger partial charge in [0, 0.05) is 15.7 Å². The summed E-state index contributed by atoms with van der Waals surface area (Å²) in [6.07, 6.45) is 1.49. The summed E-state index contributed by atoms with van der Waals surface area (Å²) in [7, 11) is 0. The zero-order chi connectivity index (χ0) is 22.4. The Balaban J connectivity index is 1.88. The highest BCUT2D eigenvalue weighted by Crippen LogP contribution is 2.16. The van der Waals surface area contributed by atoms with E-state index in [1.807, 2.05) is 0 Å². The number of benzene rings is 3. The molecule has 2 N–H and O–H groups in total. The van der Waals surface area contributed by atoms with E-state index >= 15 is 0 Å². The van der Waals surface area contributed by atoms with E-state index in [0.29, 0.717) is 16.8 Å². The fourth-order valence-electron chi connectivity index (χ4n) is 2.71. The molecule has 0 aliphatic heterocycles. The van der Waals surface area contributed by atoms with Gasteiger partial charge in [0.15, 0.2) is 5.78 Å². The van der Waals surface area contributed by atoms with Gasteiger partial charge >= 0.3 is 0 Å². The third-order valence-corrected chi connectivity index (χ3v) is 4.87. The van der Waals surface area contributed by atoms with Gasteiger partial charge in [0.25, 0.3) is 11.8 Å². The molecule has 3 aromatic carbocycles. The summed E-state index contributed by atoms with van der Waals surface area (Å²) in [6.45, 7) is 1.45. The van der Waals surface area contributed by atoms with Gasteiger partial charge in [0.2, 0.25) is 0 Å². The predicted octanol–water partition coefficient (Wildman–Crippen LogP) is 5.20. The Morgan fingerprint density at radius 1 is 0.903 bits per heavy atom. The lowest BCUT2D eigenvalue weighted by atomic mass is 10.1. The van der Waals surface area contributed by atoms with Crippen LogP contribution in [0.25, 0.3) is 6.08 Å². The number of hydrogen-bond donors (Lipinski definition) is 2. The molecule has 7 heteroatoms. The van der Waals surface area contributed by atoms with E-state index < -0.39 is 17.6 Å². The van der Waals surface area contributed by atoms with Gasteiger partial charge < -0.3 is 10.6 Å². The van der Waals surface area contributed by atoms with Gasteiger partial charge in [-0.25, -0.2) is 4.39 Å². The molecular formula is C24H18BrFN2O3. The largest absolute Gasteiger partial charge is 0.321 e. The van der Waals surface area contributed by atoms with Crippen LogP contribution in [0, 0.1) is 5.82 Å². The molecule has 0 bridgehead atoms. The molecule has 31 heavy (non-hydrogen) atoms. The van der Waals surface area contributed by atoms with Crippen LogP contribution < -0.4 is 10.6 Å². The van der Waals surface area contributed by atoms with Crippen molar-refractivity contribution in [1.29, 1.82) is 0 Å². The average molecular weight is 481 g/mol. The van der Waals surface area contributed by atoms with Crippen molar-refractivity contribution in [3.8, 4) is 0 Å². The Bertz CT molecular complexity index is 1160. The van der Waals surface area contributed by atoms with Gasteiger partial charge in [0.1, 0.15) is 11.5 Å². The van der Waals surface area contributed by atoms with Crippen molar-refractivity contribution in [3.63, 3.8) is 0 Å². The molecule has 0 fully saturated rings. The van der Waals surface area contributed by atoms with E-state index in [4.69, 9.17) is 0 Å². The van der Waals surface area contributed by atoms with Crippen LogP contribution in [0.5, 0.6) is 0 Å². The van der Waals surface area contributed by atoms with E-state index in [0.717, 1.165) is 4.47 Å². The molecule has 0 atom stereocenters. The van der Waals surface area contributed by atoms with Crippen LogP contribution in [0.15, 0.2) is 83.0 Å². The third kappa shape index (κ3) is 5.96. The second kappa shape index (κ2) is 9.95. The Hall–Kier alpha value is -3.58. The van der Waals surface area contributed by atoms with Crippen LogP contribution in [0.1, 0.15) is 33.2 Å². The molecule has 0 saturated heterocycles. The van der Waals surface area contributed by atoms with Crippen molar-refractivity contribution in [2.75, 3.05) is 5.32 Å². The van der Waals surface area contributed by atoms with Gasteiger partial charge in [-0.2, -0.15) is 0 Å². The summed E-state index contributed by atoms with van der Waals surface area (Å²) in [5.41, 5.74) is 1.37. The number of anilines is 1. The normalized spacial score (nSPS) is 11.0. The van der Waals surface area contributed by atoms with E-state index in [2.05, 4.69) is 26.6 Å². The summed E-state index contributed by atoms with van der Waals surface area (Å²) in [6, 6.07) is 19.0. The molecule has 2 amide bonds. The first-order valence-corrected chi connectivity index (χ1v) is 10.1. The molecule has 0 spiro atoms. The number of rotatable bonds is 6. The maximum absolute atomic E-state index is 14.0. The van der Waals surface area contributed by atoms with E-state index in [1.54, 1.807) is 48.5 Å². The molecule has 5 nitrogen and oxygen atoms in total. The summed E-state index contributed by atoms with van der Waals surface area (Å²) in [5, 5.41) is 5.17. The standard InChI is InChI=1S/C24H18BrFN2O3/c1-15(29)17-8-12-19(13-9-17)27-24(31)22(14-16-6-10-18(25)11-7-16)28-23(30)20-4-2-3-5-21(20)26/h2-14H,1H3,(H,27,31)(H,28,30)/b22-14-. The second-order valence-corrected chi connectivity index (χ2v) is 7.55. The van der Waals surface area contributed by atoms with Crippen LogP contribution in [0.2, 0.25) is 0 Å². The maximum Gasteiger partial charge on any atom is 0.272 e. The average Bonchev–Trinajstić information content (AvgIpc) is 2.75. The number of amides is 2. The topological polar surface area (TPSA) is 75.3 Å². The molecule has 0 saturated carbocycles. The van der Waals surface area contributed by atoms with Crippen molar-refractivity contribution in [3.05, 3.63) is 105 Å². The van der Waals surface area contributed by atoms with E-state index in [1.165, 1.54) is 37.3 Å². The van der Waals surface area contributed by atoms with Gasteiger partial charge in [-0.15, -0.1) is 0 Å². The zero-order valence-electron chi connectivity index (χ0n) is 16.5. The van der Waals surface area contributed by atoms with Crippen LogP contribution >= 0.6 is 15.9 Å². The number of carbonyl (C=O) groups excluding carboxylic acids is 3. The van der Waals surface area contributed by atoms with Gasteiger partial charge in [-0.05, 0) is 67.1 Å². The summed E-state index contributed by atoms with van der Waals surface area (Å²) >= 11 is 3.34. The van der Waals surface area contributed by atoms with Gasteiger partial charge in [-0.1, -0.05) is 40.2 Å². The van der Waals surface area contributed by atoms with Crippen molar-refractivity contribution >= 4 is 45.3 Å². The first-order chi connectivity index (χ1) is 14.8. The highest BCUT2D eigenvalue weighted by atomic mass is 79.9. The smallest absolute Gasteiger partial charge is 0.272 e. The first kappa shape index (κ1) is 22.1. The molecule has 0 heterocycles. The quantitative estimate of drug-likeness (QED) is 0.376. The summed E-state index contributed by atoms with van der Waals surface area (Å²) < 4.78 is 14.9. The molecule has 0 unspecified atom stereocenters. The second-order valence-electron chi connectivity index (χ2n) is 6.63. The number of ketones is 1. The Morgan fingerprint density at radius 2 is 1.55 bits per heavy atom. The molecule has 0 aliphatic rings. The van der Waals surface area contributed by atoms with Gasteiger partial charge in [0.05, 0.1) is 5.56 Å². The molecule has 0 aromatic heterocycles. The van der Waals surface area contributed by atoms with Crippen molar-refractivity contribution in [2.24, 2.45) is 0 Å². The van der Waals surface area contributed by atoms with E-state index in [9.17, 15) is 18.8 Å². The SMILES string of the molecule is CC(=O)c1ccc(NC(=O)/C(=C/c2ccc(Br)cc2)NC(=O)c2ccccc2F)cc1. The van der Waals surface area contributed by atoms with E-state index in [-0.39, 0.29) is 17.0 Å². The summed E-state index contributed by atoms with van der Waals surface area (Å²) in [4.78, 5) is 36.9. The molecular weight excluding hydrogens is 463 g/mol. The predicted molar refractivity (Wildman–Crippen MR) is 121 cm³/mol. The monoisotopic (exact) mass is 480 g/mol. The summed E-state index contributed by atoms with van der Waals surface area (Å²) in [5.74, 6) is -2.12. The van der Waals surface area contributed by atoms with Gasteiger partial charge in [-0.3, -0.25) is 14.4 Å². The Kier molecular flexibility index (Phi) is 7.10. The highest BCUT2D eigenvalue weighted by Gasteiger charge is 2.17. The third-order valence-electron chi connectivity index (χ3n) is 4.34. The molecule has 3 aromatic rings. The number of Topliss-reactive ketones (excluding diaryl/α,β-unsaturated/α-hetero) is 1. The van der Waals surface area contributed by atoms with Crippen molar-refractivity contribution in [1.82, 2.24) is 5.32 Å². The van der Waals surface area contributed by atoms with Crippen molar-refractivity contribution < 1.29 is 18.8 Å². The first-order valence-electron chi connectivity index (χ1n) is 9.29. The zero-order valence-corrected chi connectivity index (χ0v) is 18.1. The lowest BCUT2D eigenvalue weighted by Crippen LogP contribution is -2.31. The van der Waals surface area contributed by atoms with Crippen molar-refractivity contribution in [2.45, 2.75) is 6.92 Å². The fourth-order valence-corrected chi connectivity index (χ4v) is 2.97. The number of halogens is 2. The minimum absolute atomic E-state index is 0.0637. The highest BCUT2D eigenvalue weighted by molar-refractivity contribution is 9.10. The lowest BCUT2D eigenvalue weighted by molar-refractivity contribution is -0.113. The maximum atomic E-state index is 14.0. The molecule has 0 radical (unpaired) electrons. The molecule has 3 rings (SSSR count). The minimum atomic E-state index is -0.747.